The van der Waals surface area contributed by atoms with E-state index in [1.165, 1.54) is 0 Å². The van der Waals surface area contributed by atoms with E-state index >= 15 is 0 Å². The van der Waals surface area contributed by atoms with Crippen LogP contribution in [-0.4, -0.2) is 45.2 Å². The van der Waals surface area contributed by atoms with Gasteiger partial charge in [-0.3, -0.25) is 9.89 Å². The van der Waals surface area contributed by atoms with Crippen LogP contribution >= 0.6 is 0 Å². The number of likely N-dealkylation sites (tertiary alicyclic amines) is 1. The molecule has 0 radical (unpaired) electrons. The van der Waals surface area contributed by atoms with Crippen molar-refractivity contribution in [2.75, 3.05) is 13.1 Å². The third-order valence-corrected chi connectivity index (χ3v) is 4.12. The number of aryl methyl sites for hydroxylation is 2. The van der Waals surface area contributed by atoms with Gasteiger partial charge in [-0.25, -0.2) is 4.98 Å². The van der Waals surface area contributed by atoms with Crippen molar-refractivity contribution in [3.05, 3.63) is 40.8 Å². The van der Waals surface area contributed by atoms with Crippen LogP contribution in [0.15, 0.2) is 18.3 Å². The van der Waals surface area contributed by atoms with E-state index in [4.69, 9.17) is 4.74 Å². The number of carbonyl (C=O) groups excluding carboxylic acids is 1. The van der Waals surface area contributed by atoms with Crippen molar-refractivity contribution in [3.8, 4) is 5.88 Å². The number of aromatic nitrogens is 3. The molecular weight excluding hydrogens is 337 g/mol. The van der Waals surface area contributed by atoms with Crippen LogP contribution in [0.2, 0.25) is 0 Å². The minimum absolute atomic E-state index is 0.0928. The van der Waals surface area contributed by atoms with Crippen LogP contribution in [0.5, 0.6) is 5.88 Å². The van der Waals surface area contributed by atoms with Crippen molar-refractivity contribution in [1.82, 2.24) is 20.1 Å². The molecule has 1 aliphatic rings. The second kappa shape index (κ2) is 6.38. The topological polar surface area (TPSA) is 71.1 Å². The molecule has 0 spiro atoms. The predicted molar refractivity (Wildman–Crippen MR) is 82.2 cm³/mol. The lowest BCUT2D eigenvalue weighted by Crippen LogP contribution is -2.31. The van der Waals surface area contributed by atoms with Gasteiger partial charge in [0.15, 0.2) is 0 Å². The van der Waals surface area contributed by atoms with Crippen LogP contribution in [0, 0.1) is 13.8 Å². The quantitative estimate of drug-likeness (QED) is 0.920. The SMILES string of the molecule is Cc1n[nH]c(C)c1C(=O)N1CCC(Oc2cc(C(F)(F)F)ccn2)C1. The first kappa shape index (κ1) is 17.2. The molecule has 0 aromatic carbocycles. The van der Waals surface area contributed by atoms with E-state index in [9.17, 15) is 18.0 Å². The highest BCUT2D eigenvalue weighted by atomic mass is 19.4. The zero-order chi connectivity index (χ0) is 18.2. The number of aromatic amines is 1. The summed E-state index contributed by atoms with van der Waals surface area (Å²) in [6, 6.07) is 1.76. The first-order valence-corrected chi connectivity index (χ1v) is 7.76. The van der Waals surface area contributed by atoms with Gasteiger partial charge in [-0.15, -0.1) is 0 Å². The van der Waals surface area contributed by atoms with Gasteiger partial charge < -0.3 is 9.64 Å². The molecule has 3 rings (SSSR count). The summed E-state index contributed by atoms with van der Waals surface area (Å²) in [5.74, 6) is -0.253. The molecule has 9 heteroatoms. The zero-order valence-corrected chi connectivity index (χ0v) is 13.7. The van der Waals surface area contributed by atoms with Crippen molar-refractivity contribution in [3.63, 3.8) is 0 Å². The van der Waals surface area contributed by atoms with Gasteiger partial charge in [0.05, 0.1) is 23.4 Å². The molecule has 1 aliphatic heterocycles. The number of amides is 1. The normalized spacial score (nSPS) is 17.8. The maximum Gasteiger partial charge on any atom is 0.416 e. The Morgan fingerprint density at radius 1 is 1.40 bits per heavy atom. The number of alkyl halides is 3. The standard InChI is InChI=1S/C16H17F3N4O2/c1-9-14(10(2)22-21-9)15(24)23-6-4-12(8-23)25-13-7-11(3-5-20-13)16(17,18)19/h3,5,7,12H,4,6,8H2,1-2H3,(H,21,22). The number of pyridine rings is 1. The van der Waals surface area contributed by atoms with E-state index in [1.54, 1.807) is 18.7 Å². The summed E-state index contributed by atoms with van der Waals surface area (Å²) in [5, 5.41) is 6.78. The Balaban J connectivity index is 1.67. The molecule has 1 atom stereocenters. The van der Waals surface area contributed by atoms with Gasteiger partial charge in [0.2, 0.25) is 5.88 Å². The lowest BCUT2D eigenvalue weighted by atomic mass is 10.2. The van der Waals surface area contributed by atoms with Crippen LogP contribution in [0.3, 0.4) is 0 Å². The van der Waals surface area contributed by atoms with Crippen molar-refractivity contribution in [2.45, 2.75) is 32.5 Å². The molecule has 2 aromatic heterocycles. The average molecular weight is 354 g/mol. The maximum absolute atomic E-state index is 12.7. The van der Waals surface area contributed by atoms with Crippen LogP contribution in [0.1, 0.15) is 33.7 Å². The van der Waals surface area contributed by atoms with Gasteiger partial charge >= 0.3 is 6.18 Å². The summed E-state index contributed by atoms with van der Waals surface area (Å²) in [6.45, 7) is 4.27. The molecule has 0 bridgehead atoms. The third-order valence-electron chi connectivity index (χ3n) is 4.12. The molecular formula is C16H17F3N4O2. The predicted octanol–water partition coefficient (Wildman–Crippen LogP) is 2.73. The smallest absolute Gasteiger partial charge is 0.416 e. The number of ether oxygens (including phenoxy) is 1. The van der Waals surface area contributed by atoms with E-state index in [1.807, 2.05) is 0 Å². The van der Waals surface area contributed by atoms with Gasteiger partial charge in [0.1, 0.15) is 6.10 Å². The molecule has 134 valence electrons. The Morgan fingerprint density at radius 3 is 2.80 bits per heavy atom. The number of hydrogen-bond donors (Lipinski definition) is 1. The van der Waals surface area contributed by atoms with E-state index in [0.717, 1.165) is 18.3 Å². The van der Waals surface area contributed by atoms with Gasteiger partial charge in [0.25, 0.3) is 5.91 Å². The first-order valence-electron chi connectivity index (χ1n) is 7.76. The van der Waals surface area contributed by atoms with E-state index in [-0.39, 0.29) is 11.8 Å². The monoisotopic (exact) mass is 354 g/mol. The molecule has 1 saturated heterocycles. The summed E-state index contributed by atoms with van der Waals surface area (Å²) < 4.78 is 43.8. The van der Waals surface area contributed by atoms with Crippen LogP contribution in [0.4, 0.5) is 13.2 Å². The highest BCUT2D eigenvalue weighted by Gasteiger charge is 2.33. The fraction of sp³-hybridized carbons (Fsp3) is 0.438. The molecule has 1 N–H and O–H groups in total. The Labute approximate surface area is 142 Å². The molecule has 1 fully saturated rings. The molecule has 0 aliphatic carbocycles. The lowest BCUT2D eigenvalue weighted by molar-refractivity contribution is -0.137. The Kier molecular flexibility index (Phi) is 4.40. The summed E-state index contributed by atoms with van der Waals surface area (Å²) in [4.78, 5) is 18.0. The maximum atomic E-state index is 12.7. The summed E-state index contributed by atoms with van der Waals surface area (Å²) in [5.41, 5.74) is 1.02. The summed E-state index contributed by atoms with van der Waals surface area (Å²) >= 11 is 0. The highest BCUT2D eigenvalue weighted by molar-refractivity contribution is 5.96. The highest BCUT2D eigenvalue weighted by Crippen LogP contribution is 2.31. The zero-order valence-electron chi connectivity index (χ0n) is 13.7. The second-order valence-electron chi connectivity index (χ2n) is 5.97. The summed E-state index contributed by atoms with van der Waals surface area (Å²) in [7, 11) is 0. The minimum Gasteiger partial charge on any atom is -0.472 e. The van der Waals surface area contributed by atoms with E-state index in [2.05, 4.69) is 15.2 Å². The molecule has 25 heavy (non-hydrogen) atoms. The minimum atomic E-state index is -4.45. The number of rotatable bonds is 3. The molecule has 2 aromatic rings. The van der Waals surface area contributed by atoms with Crippen molar-refractivity contribution >= 4 is 5.91 Å². The first-order chi connectivity index (χ1) is 11.8. The Hall–Kier alpha value is -2.58. The van der Waals surface area contributed by atoms with E-state index < -0.39 is 17.8 Å². The van der Waals surface area contributed by atoms with Crippen LogP contribution in [0.25, 0.3) is 0 Å². The van der Waals surface area contributed by atoms with Crippen molar-refractivity contribution < 1.29 is 22.7 Å². The Bertz CT molecular complexity index is 768. The largest absolute Gasteiger partial charge is 0.472 e. The number of nitrogens with one attached hydrogen (secondary N) is 1. The summed E-state index contributed by atoms with van der Waals surface area (Å²) in [6.07, 6.45) is -3.25. The fourth-order valence-electron chi connectivity index (χ4n) is 2.85. The average Bonchev–Trinajstić information content (AvgIpc) is 3.13. The molecule has 1 unspecified atom stereocenters. The number of nitrogens with zero attached hydrogens (tertiary/aromatic N) is 3. The van der Waals surface area contributed by atoms with Crippen LogP contribution < -0.4 is 4.74 Å². The number of hydrogen-bond acceptors (Lipinski definition) is 4. The molecule has 6 nitrogen and oxygen atoms in total. The number of carbonyl (C=O) groups is 1. The van der Waals surface area contributed by atoms with Crippen molar-refractivity contribution in [1.29, 1.82) is 0 Å². The van der Waals surface area contributed by atoms with Gasteiger partial charge in [-0.2, -0.15) is 18.3 Å². The lowest BCUT2D eigenvalue weighted by Gasteiger charge is -2.17. The van der Waals surface area contributed by atoms with Gasteiger partial charge in [0, 0.05) is 30.9 Å². The molecule has 3 heterocycles. The van der Waals surface area contributed by atoms with E-state index in [0.29, 0.717) is 36.5 Å². The van der Waals surface area contributed by atoms with Crippen LogP contribution in [-0.2, 0) is 6.18 Å². The second-order valence-corrected chi connectivity index (χ2v) is 5.97. The Morgan fingerprint density at radius 2 is 2.16 bits per heavy atom. The third kappa shape index (κ3) is 3.59. The number of H-pyrrole nitrogens is 1. The molecule has 1 amide bonds. The number of halogens is 3. The van der Waals surface area contributed by atoms with Gasteiger partial charge in [-0.05, 0) is 19.9 Å². The fourth-order valence-corrected chi connectivity index (χ4v) is 2.85. The van der Waals surface area contributed by atoms with Crippen molar-refractivity contribution in [2.24, 2.45) is 0 Å². The van der Waals surface area contributed by atoms with Gasteiger partial charge in [-0.1, -0.05) is 0 Å². The molecule has 0 saturated carbocycles.